The first-order valence-corrected chi connectivity index (χ1v) is 5.40. The number of esters is 1. The largest absolute Gasteiger partial charge is 0.465 e. The first kappa shape index (κ1) is 14.9. The van der Waals surface area contributed by atoms with Crippen molar-refractivity contribution in [1.29, 1.82) is 10.5 Å². The summed E-state index contributed by atoms with van der Waals surface area (Å²) < 4.78 is 4.53. The molecule has 0 atom stereocenters. The van der Waals surface area contributed by atoms with Crippen LogP contribution in [0.2, 0.25) is 0 Å². The lowest BCUT2D eigenvalue weighted by molar-refractivity contribution is -0.384. The highest BCUT2D eigenvalue weighted by atomic mass is 16.6. The third-order valence-corrected chi connectivity index (χ3v) is 2.46. The minimum atomic E-state index is -0.657. The van der Waals surface area contributed by atoms with Gasteiger partial charge in [0.1, 0.15) is 18.8 Å². The Hall–Kier alpha value is -3.13. The Morgan fingerprint density at radius 1 is 1.40 bits per heavy atom. The van der Waals surface area contributed by atoms with Gasteiger partial charge in [0.15, 0.2) is 0 Å². The third-order valence-electron chi connectivity index (χ3n) is 2.46. The molecule has 102 valence electrons. The Kier molecular flexibility index (Phi) is 5.01. The molecule has 0 saturated carbocycles. The van der Waals surface area contributed by atoms with E-state index >= 15 is 0 Å². The summed E-state index contributed by atoms with van der Waals surface area (Å²) >= 11 is 0. The van der Waals surface area contributed by atoms with Gasteiger partial charge in [0.25, 0.3) is 5.69 Å². The van der Waals surface area contributed by atoms with Gasteiger partial charge in [-0.2, -0.15) is 10.5 Å². The van der Waals surface area contributed by atoms with Crippen molar-refractivity contribution >= 4 is 17.3 Å². The summed E-state index contributed by atoms with van der Waals surface area (Å²) in [4.78, 5) is 23.0. The molecule has 0 aliphatic heterocycles. The molecule has 8 heteroatoms. The number of methoxy groups -OCH3 is 1. The zero-order valence-corrected chi connectivity index (χ0v) is 10.6. The van der Waals surface area contributed by atoms with Crippen molar-refractivity contribution in [1.82, 2.24) is 0 Å². The van der Waals surface area contributed by atoms with Crippen molar-refractivity contribution < 1.29 is 14.5 Å². The molecule has 0 heterocycles. The highest BCUT2D eigenvalue weighted by Crippen LogP contribution is 2.29. The van der Waals surface area contributed by atoms with Crippen molar-refractivity contribution in [3.63, 3.8) is 0 Å². The third kappa shape index (κ3) is 3.21. The average Bonchev–Trinajstić information content (AvgIpc) is 2.45. The maximum atomic E-state index is 11.4. The number of carbonyl (C=O) groups is 1. The fraction of sp³-hybridized carbons (Fsp3) is 0.250. The molecule has 0 fully saturated rings. The lowest BCUT2D eigenvalue weighted by Gasteiger charge is -2.18. The molecule has 0 aromatic heterocycles. The molecule has 0 bridgehead atoms. The SMILES string of the molecule is COC(=O)c1ccc([N+](=O)[O-])c(N(CC#N)CC#N)c1. The van der Waals surface area contributed by atoms with E-state index in [4.69, 9.17) is 10.5 Å². The van der Waals surface area contributed by atoms with Crippen molar-refractivity contribution in [2.24, 2.45) is 0 Å². The fourth-order valence-electron chi connectivity index (χ4n) is 1.57. The number of nitriles is 2. The van der Waals surface area contributed by atoms with Gasteiger partial charge in [0.2, 0.25) is 0 Å². The molecule has 1 aromatic carbocycles. The molecule has 0 radical (unpaired) electrons. The molecule has 8 nitrogen and oxygen atoms in total. The minimum Gasteiger partial charge on any atom is -0.465 e. The maximum Gasteiger partial charge on any atom is 0.337 e. The van der Waals surface area contributed by atoms with Crippen LogP contribution in [-0.4, -0.2) is 31.1 Å². The number of ether oxygens (including phenoxy) is 1. The molecule has 1 aromatic rings. The van der Waals surface area contributed by atoms with E-state index in [0.717, 1.165) is 6.07 Å². The van der Waals surface area contributed by atoms with E-state index in [1.165, 1.54) is 24.1 Å². The number of rotatable bonds is 5. The first-order valence-electron chi connectivity index (χ1n) is 5.40. The van der Waals surface area contributed by atoms with Gasteiger partial charge in [0, 0.05) is 6.07 Å². The van der Waals surface area contributed by atoms with Crippen LogP contribution >= 0.6 is 0 Å². The molecular formula is C12H10N4O4. The molecule has 0 unspecified atom stereocenters. The predicted molar refractivity (Wildman–Crippen MR) is 67.9 cm³/mol. The quantitative estimate of drug-likeness (QED) is 0.342. The van der Waals surface area contributed by atoms with Gasteiger partial charge < -0.3 is 9.64 Å². The molecule has 20 heavy (non-hydrogen) atoms. The van der Waals surface area contributed by atoms with E-state index < -0.39 is 10.9 Å². The number of nitro groups is 1. The van der Waals surface area contributed by atoms with E-state index in [1.54, 1.807) is 0 Å². The van der Waals surface area contributed by atoms with E-state index in [9.17, 15) is 14.9 Å². The Morgan fingerprint density at radius 3 is 2.45 bits per heavy atom. The highest BCUT2D eigenvalue weighted by molar-refractivity contribution is 5.91. The summed E-state index contributed by atoms with van der Waals surface area (Å²) in [6, 6.07) is 7.26. The normalized spacial score (nSPS) is 9.15. The Labute approximate surface area is 114 Å². The van der Waals surface area contributed by atoms with Crippen LogP contribution in [-0.2, 0) is 4.74 Å². The smallest absolute Gasteiger partial charge is 0.337 e. The Bertz CT molecular complexity index is 599. The van der Waals surface area contributed by atoms with Crippen LogP contribution < -0.4 is 4.90 Å². The summed E-state index contributed by atoms with van der Waals surface area (Å²) in [7, 11) is 1.19. The van der Waals surface area contributed by atoms with Crippen LogP contribution in [0.15, 0.2) is 18.2 Å². The van der Waals surface area contributed by atoms with Crippen LogP contribution in [0.3, 0.4) is 0 Å². The monoisotopic (exact) mass is 274 g/mol. The van der Waals surface area contributed by atoms with Gasteiger partial charge in [-0.25, -0.2) is 4.79 Å². The average molecular weight is 274 g/mol. The highest BCUT2D eigenvalue weighted by Gasteiger charge is 2.21. The van der Waals surface area contributed by atoms with Crippen LogP contribution in [0.1, 0.15) is 10.4 Å². The lowest BCUT2D eigenvalue weighted by atomic mass is 10.1. The molecular weight excluding hydrogens is 264 g/mol. The van der Waals surface area contributed by atoms with Gasteiger partial charge in [-0.15, -0.1) is 0 Å². The topological polar surface area (TPSA) is 120 Å². The van der Waals surface area contributed by atoms with Gasteiger partial charge >= 0.3 is 5.97 Å². The second kappa shape index (κ2) is 6.71. The zero-order valence-electron chi connectivity index (χ0n) is 10.6. The number of carbonyl (C=O) groups excluding carboxylic acids is 1. The summed E-state index contributed by atoms with van der Waals surface area (Å²) in [6.45, 7) is -0.419. The predicted octanol–water partition coefficient (Wildman–Crippen LogP) is 1.23. The van der Waals surface area contributed by atoms with Crippen LogP contribution in [0.4, 0.5) is 11.4 Å². The first-order chi connectivity index (χ1) is 9.54. The van der Waals surface area contributed by atoms with Crippen molar-refractivity contribution in [2.75, 3.05) is 25.1 Å². The van der Waals surface area contributed by atoms with Gasteiger partial charge in [0.05, 0.1) is 29.7 Å². The van der Waals surface area contributed by atoms with Crippen molar-refractivity contribution in [3.8, 4) is 12.1 Å². The number of benzene rings is 1. The molecule has 0 spiro atoms. The standard InChI is InChI=1S/C12H10N4O4/c1-20-12(17)9-2-3-10(16(18)19)11(8-9)15(6-4-13)7-5-14/h2-3,8H,6-7H2,1H3. The van der Waals surface area contributed by atoms with Gasteiger partial charge in [-0.1, -0.05) is 0 Å². The summed E-state index contributed by atoms with van der Waals surface area (Å²) in [5, 5.41) is 28.4. The van der Waals surface area contributed by atoms with Gasteiger partial charge in [-0.05, 0) is 12.1 Å². The van der Waals surface area contributed by atoms with Crippen LogP contribution in [0.5, 0.6) is 0 Å². The zero-order chi connectivity index (χ0) is 15.1. The molecule has 0 aliphatic carbocycles. The second-order valence-electron chi connectivity index (χ2n) is 3.62. The summed E-state index contributed by atoms with van der Waals surface area (Å²) in [6.07, 6.45) is 0. The van der Waals surface area contributed by atoms with E-state index in [2.05, 4.69) is 4.74 Å². The summed E-state index contributed by atoms with van der Waals surface area (Å²) in [5.41, 5.74) is -0.155. The number of hydrogen-bond acceptors (Lipinski definition) is 7. The number of anilines is 1. The molecule has 1 rings (SSSR count). The maximum absolute atomic E-state index is 11.4. The van der Waals surface area contributed by atoms with Gasteiger partial charge in [-0.3, -0.25) is 10.1 Å². The minimum absolute atomic E-state index is 0.0287. The van der Waals surface area contributed by atoms with Crippen molar-refractivity contribution in [2.45, 2.75) is 0 Å². The van der Waals surface area contributed by atoms with E-state index in [-0.39, 0.29) is 30.0 Å². The molecule has 0 amide bonds. The number of hydrogen-bond donors (Lipinski definition) is 0. The summed E-state index contributed by atoms with van der Waals surface area (Å²) in [5.74, 6) is -0.657. The number of nitro benzene ring substituents is 1. The Morgan fingerprint density at radius 2 is 2.00 bits per heavy atom. The molecule has 0 saturated heterocycles. The van der Waals surface area contributed by atoms with Crippen LogP contribution in [0.25, 0.3) is 0 Å². The Balaban J connectivity index is 3.38. The van der Waals surface area contributed by atoms with Crippen molar-refractivity contribution in [3.05, 3.63) is 33.9 Å². The fourth-order valence-corrected chi connectivity index (χ4v) is 1.57. The number of nitrogens with zero attached hydrogens (tertiary/aromatic N) is 4. The van der Waals surface area contributed by atoms with E-state index in [0.29, 0.717) is 0 Å². The van der Waals surface area contributed by atoms with Crippen LogP contribution in [0, 0.1) is 32.8 Å². The lowest BCUT2D eigenvalue weighted by Crippen LogP contribution is -2.25. The second-order valence-corrected chi connectivity index (χ2v) is 3.62. The van der Waals surface area contributed by atoms with E-state index in [1.807, 2.05) is 12.1 Å². The molecule has 0 aliphatic rings. The molecule has 0 N–H and O–H groups in total.